The minimum Gasteiger partial charge on any atom is -0.466 e. The van der Waals surface area contributed by atoms with Crippen LogP contribution in [0.2, 0.25) is 0 Å². The van der Waals surface area contributed by atoms with Gasteiger partial charge < -0.3 is 20.3 Å². The van der Waals surface area contributed by atoms with Crippen LogP contribution in [0.4, 0.5) is 0 Å². The Morgan fingerprint density at radius 2 is 0.594 bits per heavy atom. The average Bonchev–Trinajstić information content (AvgIpc) is 3.35. The largest absolute Gasteiger partial charge is 0.466 e. The fourth-order valence-corrected chi connectivity index (χ4v) is 10.3. The predicted molar refractivity (Wildman–Crippen MR) is 301 cm³/mol. The molecule has 6 heteroatoms. The second-order valence-electron chi connectivity index (χ2n) is 22.1. The molecule has 0 heterocycles. The molecule has 0 saturated heterocycles. The summed E-state index contributed by atoms with van der Waals surface area (Å²) in [6.07, 6.45) is 69.7. The molecular weight excluding hydrogens is 851 g/mol. The second-order valence-corrected chi connectivity index (χ2v) is 22.1. The summed E-state index contributed by atoms with van der Waals surface area (Å²) < 4.78 is 5.48. The van der Waals surface area contributed by atoms with Crippen molar-refractivity contribution in [1.29, 1.82) is 0 Å². The topological polar surface area (TPSA) is 95.9 Å². The molecule has 0 aliphatic heterocycles. The van der Waals surface area contributed by atoms with Gasteiger partial charge in [-0.1, -0.05) is 328 Å². The Morgan fingerprint density at radius 1 is 0.348 bits per heavy atom. The molecule has 3 N–H and O–H groups in total. The summed E-state index contributed by atoms with van der Waals surface area (Å²) in [5, 5.41) is 23.4. The van der Waals surface area contributed by atoms with Crippen LogP contribution in [0, 0.1) is 0 Å². The van der Waals surface area contributed by atoms with Crippen LogP contribution in [-0.4, -0.2) is 47.4 Å². The van der Waals surface area contributed by atoms with Crippen LogP contribution >= 0.6 is 0 Å². The van der Waals surface area contributed by atoms with Crippen LogP contribution in [0.5, 0.6) is 0 Å². The molecule has 0 aliphatic rings. The summed E-state index contributed by atoms with van der Waals surface area (Å²) in [5.41, 5.74) is 0. The smallest absolute Gasteiger partial charge is 0.305 e. The van der Waals surface area contributed by atoms with Gasteiger partial charge in [0.15, 0.2) is 0 Å². The van der Waals surface area contributed by atoms with Crippen LogP contribution in [0.25, 0.3) is 0 Å². The predicted octanol–water partition coefficient (Wildman–Crippen LogP) is 19.9. The van der Waals surface area contributed by atoms with Gasteiger partial charge in [-0.3, -0.25) is 9.59 Å². The van der Waals surface area contributed by atoms with Crippen molar-refractivity contribution >= 4 is 11.9 Å². The van der Waals surface area contributed by atoms with Crippen molar-refractivity contribution in [2.24, 2.45) is 0 Å². The molecule has 0 aromatic carbocycles. The molecule has 0 saturated carbocycles. The van der Waals surface area contributed by atoms with Crippen LogP contribution in [0.15, 0.2) is 0 Å². The number of rotatable bonds is 60. The quantitative estimate of drug-likeness (QED) is 0.0417. The first kappa shape index (κ1) is 67.9. The van der Waals surface area contributed by atoms with Crippen LogP contribution in [0.1, 0.15) is 367 Å². The highest BCUT2D eigenvalue weighted by atomic mass is 16.5. The lowest BCUT2D eigenvalue weighted by molar-refractivity contribution is -0.143. The Labute approximate surface area is 432 Å². The third kappa shape index (κ3) is 56.0. The van der Waals surface area contributed by atoms with Crippen molar-refractivity contribution in [3.05, 3.63) is 0 Å². The number of aliphatic hydroxyl groups is 2. The molecule has 0 aromatic rings. The second kappa shape index (κ2) is 59.4. The molecule has 0 radical (unpaired) electrons. The maximum atomic E-state index is 12.5. The van der Waals surface area contributed by atoms with Crippen molar-refractivity contribution < 1.29 is 24.5 Å². The van der Waals surface area contributed by atoms with Crippen molar-refractivity contribution in [3.8, 4) is 0 Å². The number of carbonyl (C=O) groups is 2. The van der Waals surface area contributed by atoms with Crippen molar-refractivity contribution in [2.75, 3.05) is 13.2 Å². The van der Waals surface area contributed by atoms with Gasteiger partial charge in [0, 0.05) is 12.8 Å². The number of unbranched alkanes of at least 4 members (excludes halogenated alkanes) is 49. The SMILES string of the molecule is CCCCCCCCCCCCCCCCCCCCCCCCCCC(O)C(CO)NC(=O)CCCCCCCCCCCCCOC(=O)CCCCCCCCCCCCCCCCCCC. The lowest BCUT2D eigenvalue weighted by Gasteiger charge is -2.22. The molecule has 0 rings (SSSR count). The maximum absolute atomic E-state index is 12.5. The Hall–Kier alpha value is -1.14. The highest BCUT2D eigenvalue weighted by molar-refractivity contribution is 5.76. The lowest BCUT2D eigenvalue weighted by atomic mass is 10.0. The standard InChI is InChI=1S/C63H125NO5/c1-3-5-7-9-11-13-15-17-19-21-22-23-24-25-26-27-29-30-32-35-39-43-47-51-55-61(66)60(59-65)64-62(67)56-52-48-44-40-36-34-38-42-46-50-54-58-69-63(68)57-53-49-45-41-37-33-31-28-20-18-16-14-12-10-8-6-4-2/h60-61,65-66H,3-59H2,1-2H3,(H,64,67). The third-order valence-electron chi connectivity index (χ3n) is 15.2. The van der Waals surface area contributed by atoms with Gasteiger partial charge in [-0.25, -0.2) is 0 Å². The average molecular weight is 977 g/mol. The molecule has 2 atom stereocenters. The Kier molecular flexibility index (Phi) is 58.4. The van der Waals surface area contributed by atoms with Gasteiger partial charge in [-0.2, -0.15) is 0 Å². The number of esters is 1. The zero-order chi connectivity index (χ0) is 50.0. The number of nitrogens with one attached hydrogen (secondary N) is 1. The van der Waals surface area contributed by atoms with Gasteiger partial charge >= 0.3 is 5.97 Å². The molecule has 0 bridgehead atoms. The van der Waals surface area contributed by atoms with E-state index in [1.807, 2.05) is 0 Å². The fraction of sp³-hybridized carbons (Fsp3) is 0.968. The summed E-state index contributed by atoms with van der Waals surface area (Å²) in [6, 6.07) is -0.555. The first-order chi connectivity index (χ1) is 34.0. The number of carbonyl (C=O) groups excluding carboxylic acids is 2. The minimum absolute atomic E-state index is 0.00777. The molecule has 0 aliphatic carbocycles. The van der Waals surface area contributed by atoms with Gasteiger partial charge in [-0.15, -0.1) is 0 Å². The Morgan fingerprint density at radius 3 is 0.884 bits per heavy atom. The maximum Gasteiger partial charge on any atom is 0.305 e. The lowest BCUT2D eigenvalue weighted by Crippen LogP contribution is -2.45. The van der Waals surface area contributed by atoms with Gasteiger partial charge in [0.05, 0.1) is 25.4 Å². The first-order valence-electron chi connectivity index (χ1n) is 31.8. The molecule has 412 valence electrons. The number of amides is 1. The molecular formula is C63H125NO5. The van der Waals surface area contributed by atoms with Gasteiger partial charge in [0.2, 0.25) is 5.91 Å². The molecule has 2 unspecified atom stereocenters. The summed E-state index contributed by atoms with van der Waals surface area (Å²) >= 11 is 0. The summed E-state index contributed by atoms with van der Waals surface area (Å²) in [4.78, 5) is 24.6. The van der Waals surface area contributed by atoms with E-state index in [9.17, 15) is 19.8 Å². The molecule has 6 nitrogen and oxygen atoms in total. The zero-order valence-corrected chi connectivity index (χ0v) is 47.1. The van der Waals surface area contributed by atoms with E-state index in [1.54, 1.807) is 0 Å². The number of ether oxygens (including phenoxy) is 1. The number of hydrogen-bond acceptors (Lipinski definition) is 5. The van der Waals surface area contributed by atoms with E-state index < -0.39 is 12.1 Å². The van der Waals surface area contributed by atoms with E-state index >= 15 is 0 Å². The molecule has 0 fully saturated rings. The first-order valence-corrected chi connectivity index (χ1v) is 31.8. The third-order valence-corrected chi connectivity index (χ3v) is 15.2. The number of hydrogen-bond donors (Lipinski definition) is 3. The van der Waals surface area contributed by atoms with Crippen molar-refractivity contribution in [3.63, 3.8) is 0 Å². The van der Waals surface area contributed by atoms with Gasteiger partial charge in [0.25, 0.3) is 0 Å². The summed E-state index contributed by atoms with van der Waals surface area (Å²) in [7, 11) is 0. The molecule has 69 heavy (non-hydrogen) atoms. The fourth-order valence-electron chi connectivity index (χ4n) is 10.3. The Balaban J connectivity index is 3.42. The molecule has 1 amide bonds. The molecule has 0 aromatic heterocycles. The van der Waals surface area contributed by atoms with Crippen molar-refractivity contribution in [1.82, 2.24) is 5.32 Å². The van der Waals surface area contributed by atoms with E-state index in [4.69, 9.17) is 4.74 Å². The van der Waals surface area contributed by atoms with E-state index in [-0.39, 0.29) is 18.5 Å². The highest BCUT2D eigenvalue weighted by Crippen LogP contribution is 2.19. The zero-order valence-electron chi connectivity index (χ0n) is 47.1. The molecule has 0 spiro atoms. The van der Waals surface area contributed by atoms with Crippen LogP contribution in [0.3, 0.4) is 0 Å². The number of aliphatic hydroxyl groups excluding tert-OH is 2. The van der Waals surface area contributed by atoms with Crippen LogP contribution < -0.4 is 5.32 Å². The monoisotopic (exact) mass is 976 g/mol. The summed E-state index contributed by atoms with van der Waals surface area (Å²) in [5.74, 6) is -0.0559. The Bertz CT molecular complexity index is 990. The van der Waals surface area contributed by atoms with E-state index in [0.29, 0.717) is 25.9 Å². The van der Waals surface area contributed by atoms with Crippen molar-refractivity contribution in [2.45, 2.75) is 379 Å². The summed E-state index contributed by atoms with van der Waals surface area (Å²) in [6.45, 7) is 4.96. The van der Waals surface area contributed by atoms with Gasteiger partial charge in [-0.05, 0) is 25.7 Å². The highest BCUT2D eigenvalue weighted by Gasteiger charge is 2.20. The normalized spacial score (nSPS) is 12.5. The van der Waals surface area contributed by atoms with E-state index in [0.717, 1.165) is 57.8 Å². The van der Waals surface area contributed by atoms with Crippen LogP contribution in [-0.2, 0) is 14.3 Å². The van der Waals surface area contributed by atoms with Gasteiger partial charge in [0.1, 0.15) is 0 Å². The van der Waals surface area contributed by atoms with E-state index in [1.165, 1.54) is 276 Å². The minimum atomic E-state index is -0.676. The van der Waals surface area contributed by atoms with E-state index in [2.05, 4.69) is 19.2 Å².